The lowest BCUT2D eigenvalue weighted by atomic mass is 10.0. The first-order valence-corrected chi connectivity index (χ1v) is 4.22. The number of rotatable bonds is 3. The minimum Gasteiger partial charge on any atom is -0.497 e. The van der Waals surface area contributed by atoms with Crippen LogP contribution in [-0.4, -0.2) is 18.3 Å². The molecule has 0 unspecified atom stereocenters. The summed E-state index contributed by atoms with van der Waals surface area (Å²) in [7, 11) is 1.59. The number of methoxy groups -OCH3 is 1. The maximum atomic E-state index is 9.64. The van der Waals surface area contributed by atoms with E-state index < -0.39 is 6.10 Å². The molecule has 0 heterocycles. The molecule has 1 rings (SSSR count). The summed E-state index contributed by atoms with van der Waals surface area (Å²) in [6.07, 6.45) is -0.630. The molecule has 0 aliphatic rings. The molecule has 72 valence electrons. The lowest BCUT2D eigenvalue weighted by molar-refractivity contribution is 0.153. The van der Waals surface area contributed by atoms with Crippen LogP contribution in [0.2, 0.25) is 0 Å². The third-order valence-corrected chi connectivity index (χ3v) is 1.93. The molecule has 0 aliphatic heterocycles. The van der Waals surface area contributed by atoms with Crippen LogP contribution in [0.25, 0.3) is 0 Å². The number of aliphatic hydroxyl groups excluding tert-OH is 1. The highest BCUT2D eigenvalue weighted by molar-refractivity contribution is 5.30. The van der Waals surface area contributed by atoms with E-state index in [0.717, 1.165) is 11.3 Å². The smallest absolute Gasteiger partial charge is 0.119 e. The third-order valence-electron chi connectivity index (χ3n) is 1.93. The number of nitrogens with two attached hydrogens (primary N) is 1. The zero-order chi connectivity index (χ0) is 9.84. The Balaban J connectivity index is 2.88. The van der Waals surface area contributed by atoms with Gasteiger partial charge in [-0.1, -0.05) is 12.1 Å². The molecule has 0 amide bonds. The molecule has 1 aromatic carbocycles. The second kappa shape index (κ2) is 4.25. The van der Waals surface area contributed by atoms with Gasteiger partial charge in [-0.25, -0.2) is 0 Å². The monoisotopic (exact) mass is 181 g/mol. The Labute approximate surface area is 78.1 Å². The molecule has 3 N–H and O–H groups in total. The van der Waals surface area contributed by atoms with Gasteiger partial charge >= 0.3 is 0 Å². The molecule has 0 spiro atoms. The van der Waals surface area contributed by atoms with Crippen molar-refractivity contribution in [1.29, 1.82) is 0 Å². The van der Waals surface area contributed by atoms with Gasteiger partial charge in [0.15, 0.2) is 0 Å². The van der Waals surface area contributed by atoms with Gasteiger partial charge in [-0.05, 0) is 24.6 Å². The summed E-state index contributed by atoms with van der Waals surface area (Å²) in [5.74, 6) is 0.734. The van der Waals surface area contributed by atoms with Gasteiger partial charge in [0.1, 0.15) is 5.75 Å². The van der Waals surface area contributed by atoms with Crippen LogP contribution in [0.1, 0.15) is 18.6 Å². The van der Waals surface area contributed by atoms with Crippen molar-refractivity contribution in [3.05, 3.63) is 29.8 Å². The maximum Gasteiger partial charge on any atom is 0.119 e. The summed E-state index contributed by atoms with van der Waals surface area (Å²) in [6, 6.07) is 7.01. The van der Waals surface area contributed by atoms with Crippen LogP contribution in [0, 0.1) is 0 Å². The van der Waals surface area contributed by atoms with Gasteiger partial charge in [-0.3, -0.25) is 0 Å². The quantitative estimate of drug-likeness (QED) is 0.733. The Kier molecular flexibility index (Phi) is 3.28. The minimum absolute atomic E-state index is 0.271. The molecule has 0 saturated heterocycles. The van der Waals surface area contributed by atoms with Crippen LogP contribution in [-0.2, 0) is 0 Å². The highest BCUT2D eigenvalue weighted by atomic mass is 16.5. The molecule has 1 aromatic rings. The molecular formula is C10H15NO2. The predicted octanol–water partition coefficient (Wildman–Crippen LogP) is 1.08. The predicted molar refractivity (Wildman–Crippen MR) is 51.6 cm³/mol. The van der Waals surface area contributed by atoms with Crippen molar-refractivity contribution in [3.63, 3.8) is 0 Å². The van der Waals surface area contributed by atoms with E-state index in [1.807, 2.05) is 18.2 Å². The summed E-state index contributed by atoms with van der Waals surface area (Å²) < 4.78 is 5.03. The largest absolute Gasteiger partial charge is 0.497 e. The molecule has 2 atom stereocenters. The normalized spacial score (nSPS) is 15.1. The molecule has 0 aromatic heterocycles. The average Bonchev–Trinajstić information content (AvgIpc) is 2.16. The van der Waals surface area contributed by atoms with E-state index in [0.29, 0.717) is 0 Å². The van der Waals surface area contributed by atoms with E-state index in [4.69, 9.17) is 10.5 Å². The Bertz CT molecular complexity index is 273. The molecule has 0 fully saturated rings. The number of hydrogen-bond donors (Lipinski definition) is 2. The minimum atomic E-state index is -0.630. The van der Waals surface area contributed by atoms with Gasteiger partial charge < -0.3 is 15.6 Å². The van der Waals surface area contributed by atoms with E-state index in [1.54, 1.807) is 20.1 Å². The van der Waals surface area contributed by atoms with E-state index in [9.17, 15) is 5.11 Å². The Morgan fingerprint density at radius 3 is 2.69 bits per heavy atom. The van der Waals surface area contributed by atoms with Gasteiger partial charge in [0.05, 0.1) is 13.2 Å². The summed E-state index contributed by atoms with van der Waals surface area (Å²) in [6.45, 7) is 1.77. The number of aliphatic hydroxyl groups is 1. The van der Waals surface area contributed by atoms with Crippen molar-refractivity contribution in [2.24, 2.45) is 5.73 Å². The maximum absolute atomic E-state index is 9.64. The van der Waals surface area contributed by atoms with E-state index in [2.05, 4.69) is 0 Å². The Morgan fingerprint density at radius 1 is 1.46 bits per heavy atom. The van der Waals surface area contributed by atoms with Gasteiger partial charge in [0.25, 0.3) is 0 Å². The highest BCUT2D eigenvalue weighted by Gasteiger charge is 2.12. The average molecular weight is 181 g/mol. The van der Waals surface area contributed by atoms with E-state index >= 15 is 0 Å². The number of ether oxygens (including phenoxy) is 1. The Morgan fingerprint density at radius 2 is 2.15 bits per heavy atom. The second-order valence-corrected chi connectivity index (χ2v) is 3.08. The fourth-order valence-electron chi connectivity index (χ4n) is 1.13. The van der Waals surface area contributed by atoms with Gasteiger partial charge in [-0.15, -0.1) is 0 Å². The van der Waals surface area contributed by atoms with Gasteiger partial charge in [-0.2, -0.15) is 0 Å². The Hall–Kier alpha value is -1.06. The fraction of sp³-hybridized carbons (Fsp3) is 0.400. The molecule has 3 heteroatoms. The number of benzene rings is 1. The van der Waals surface area contributed by atoms with Crippen molar-refractivity contribution < 1.29 is 9.84 Å². The van der Waals surface area contributed by atoms with Gasteiger partial charge in [0, 0.05) is 6.04 Å². The summed E-state index contributed by atoms with van der Waals surface area (Å²) in [4.78, 5) is 0. The molecule has 3 nitrogen and oxygen atoms in total. The first kappa shape index (κ1) is 10.0. The van der Waals surface area contributed by atoms with Crippen LogP contribution in [0.3, 0.4) is 0 Å². The van der Waals surface area contributed by atoms with Crippen LogP contribution in [0.4, 0.5) is 0 Å². The molecular weight excluding hydrogens is 166 g/mol. The van der Waals surface area contributed by atoms with Crippen molar-refractivity contribution in [2.75, 3.05) is 7.11 Å². The fourth-order valence-corrected chi connectivity index (χ4v) is 1.13. The zero-order valence-corrected chi connectivity index (χ0v) is 7.90. The first-order chi connectivity index (χ1) is 6.15. The summed E-state index contributed by atoms with van der Waals surface area (Å²) >= 11 is 0. The zero-order valence-electron chi connectivity index (χ0n) is 7.90. The molecule has 0 bridgehead atoms. The van der Waals surface area contributed by atoms with Crippen LogP contribution < -0.4 is 10.5 Å². The number of hydrogen-bond acceptors (Lipinski definition) is 3. The molecule has 0 saturated carbocycles. The van der Waals surface area contributed by atoms with Crippen molar-refractivity contribution in [2.45, 2.75) is 19.1 Å². The molecule has 13 heavy (non-hydrogen) atoms. The van der Waals surface area contributed by atoms with Crippen molar-refractivity contribution in [1.82, 2.24) is 0 Å². The SMILES string of the molecule is COc1cccc([C@H](O)[C@H](C)N)c1. The molecule has 0 radical (unpaired) electrons. The lowest BCUT2D eigenvalue weighted by Gasteiger charge is -2.15. The highest BCUT2D eigenvalue weighted by Crippen LogP contribution is 2.20. The van der Waals surface area contributed by atoms with Crippen molar-refractivity contribution >= 4 is 0 Å². The standard InChI is InChI=1S/C10H15NO2/c1-7(11)10(12)8-4-3-5-9(6-8)13-2/h3-7,10,12H,11H2,1-2H3/t7-,10+/m0/s1. The van der Waals surface area contributed by atoms with Crippen molar-refractivity contribution in [3.8, 4) is 5.75 Å². The van der Waals surface area contributed by atoms with E-state index in [-0.39, 0.29) is 6.04 Å². The lowest BCUT2D eigenvalue weighted by Crippen LogP contribution is -2.24. The second-order valence-electron chi connectivity index (χ2n) is 3.08. The first-order valence-electron chi connectivity index (χ1n) is 4.22. The molecule has 0 aliphatic carbocycles. The van der Waals surface area contributed by atoms with Crippen LogP contribution >= 0.6 is 0 Å². The van der Waals surface area contributed by atoms with Gasteiger partial charge in [0.2, 0.25) is 0 Å². The third kappa shape index (κ3) is 2.44. The topological polar surface area (TPSA) is 55.5 Å². The summed E-state index contributed by atoms with van der Waals surface area (Å²) in [5.41, 5.74) is 6.36. The van der Waals surface area contributed by atoms with Crippen LogP contribution in [0.5, 0.6) is 5.75 Å². The van der Waals surface area contributed by atoms with E-state index in [1.165, 1.54) is 0 Å². The summed E-state index contributed by atoms with van der Waals surface area (Å²) in [5, 5.41) is 9.64. The van der Waals surface area contributed by atoms with Crippen LogP contribution in [0.15, 0.2) is 24.3 Å².